The largest absolute Gasteiger partial charge is 0.298 e. The summed E-state index contributed by atoms with van der Waals surface area (Å²) in [6, 6.07) is 5.64. The van der Waals surface area contributed by atoms with Gasteiger partial charge in [0.2, 0.25) is 6.04 Å². The van der Waals surface area contributed by atoms with Crippen LogP contribution in [0.25, 0.3) is 0 Å². The number of rotatable bonds is 3. The van der Waals surface area contributed by atoms with Crippen molar-refractivity contribution in [1.82, 2.24) is 0 Å². The molecule has 0 aliphatic carbocycles. The first kappa shape index (κ1) is 12.6. The zero-order valence-corrected chi connectivity index (χ0v) is 9.00. The number of nitro groups is 1. The van der Waals surface area contributed by atoms with Gasteiger partial charge in [-0.3, -0.25) is 10.1 Å². The Morgan fingerprint density at radius 1 is 1.41 bits per heavy atom. The van der Waals surface area contributed by atoms with E-state index in [-0.39, 0.29) is 16.4 Å². The van der Waals surface area contributed by atoms with E-state index in [2.05, 4.69) is 10.2 Å². The lowest BCUT2D eigenvalue weighted by molar-refractivity contribution is -0.384. The van der Waals surface area contributed by atoms with Crippen LogP contribution in [0.15, 0.2) is 28.4 Å². The molecular weight excluding hydrogens is 246 g/mol. The molecule has 84 valence electrons. The van der Waals surface area contributed by atoms with Gasteiger partial charge in [0.15, 0.2) is 5.69 Å². The summed E-state index contributed by atoms with van der Waals surface area (Å²) < 4.78 is 0. The number of nitro benzene ring substituents is 1. The van der Waals surface area contributed by atoms with Crippen molar-refractivity contribution in [3.05, 3.63) is 33.3 Å². The SMILES string of the molecule is N#CC(C#N)N=Nc1ccc(Cl)cc1[N+](=O)[O-]. The van der Waals surface area contributed by atoms with Gasteiger partial charge < -0.3 is 0 Å². The number of halogens is 1. The Labute approximate surface area is 101 Å². The summed E-state index contributed by atoms with van der Waals surface area (Å²) in [6.07, 6.45) is 0. The number of nitrogens with zero attached hydrogens (tertiary/aromatic N) is 5. The first-order valence-corrected chi connectivity index (χ1v) is 4.60. The van der Waals surface area contributed by atoms with E-state index in [1.54, 1.807) is 12.1 Å². The van der Waals surface area contributed by atoms with Crippen LogP contribution in [0.3, 0.4) is 0 Å². The first-order chi connectivity index (χ1) is 8.08. The van der Waals surface area contributed by atoms with E-state index < -0.39 is 11.0 Å². The highest BCUT2D eigenvalue weighted by molar-refractivity contribution is 6.30. The molecule has 0 spiro atoms. The molecule has 1 aromatic rings. The number of azo groups is 1. The van der Waals surface area contributed by atoms with Crippen molar-refractivity contribution in [1.29, 1.82) is 10.5 Å². The van der Waals surface area contributed by atoms with E-state index in [9.17, 15) is 10.1 Å². The van der Waals surface area contributed by atoms with Gasteiger partial charge in [0.1, 0.15) is 12.1 Å². The van der Waals surface area contributed by atoms with Crippen LogP contribution in [-0.4, -0.2) is 11.0 Å². The van der Waals surface area contributed by atoms with Gasteiger partial charge in [-0.2, -0.15) is 15.6 Å². The van der Waals surface area contributed by atoms with Crippen LogP contribution in [0.2, 0.25) is 5.02 Å². The van der Waals surface area contributed by atoms with Crippen molar-refractivity contribution in [2.24, 2.45) is 10.2 Å². The van der Waals surface area contributed by atoms with Gasteiger partial charge >= 0.3 is 0 Å². The molecule has 0 fully saturated rings. The van der Waals surface area contributed by atoms with Gasteiger partial charge in [-0.05, 0) is 12.1 Å². The molecular formula is C9H4ClN5O2. The molecule has 0 atom stereocenters. The van der Waals surface area contributed by atoms with Crippen LogP contribution < -0.4 is 0 Å². The maximum atomic E-state index is 10.7. The highest BCUT2D eigenvalue weighted by atomic mass is 35.5. The molecule has 0 saturated heterocycles. The molecule has 1 rings (SSSR count). The van der Waals surface area contributed by atoms with Gasteiger partial charge in [-0.15, -0.1) is 5.11 Å². The van der Waals surface area contributed by atoms with E-state index >= 15 is 0 Å². The summed E-state index contributed by atoms with van der Waals surface area (Å²) in [5.41, 5.74) is -0.397. The van der Waals surface area contributed by atoms with E-state index in [0.717, 1.165) is 6.07 Å². The van der Waals surface area contributed by atoms with Crippen LogP contribution in [0, 0.1) is 32.8 Å². The van der Waals surface area contributed by atoms with Crippen LogP contribution in [0.1, 0.15) is 0 Å². The number of hydrogen-bond acceptors (Lipinski definition) is 6. The minimum absolute atomic E-state index is 0.0603. The minimum Gasteiger partial charge on any atom is -0.258 e. The number of benzene rings is 1. The minimum atomic E-state index is -1.29. The molecule has 17 heavy (non-hydrogen) atoms. The van der Waals surface area contributed by atoms with Crippen molar-refractivity contribution in [2.45, 2.75) is 6.04 Å². The number of hydrogen-bond donors (Lipinski definition) is 0. The van der Waals surface area contributed by atoms with E-state index in [4.69, 9.17) is 22.1 Å². The molecule has 0 aromatic heterocycles. The molecule has 0 bridgehead atoms. The monoisotopic (exact) mass is 249 g/mol. The Kier molecular flexibility index (Phi) is 4.09. The lowest BCUT2D eigenvalue weighted by atomic mass is 10.3. The van der Waals surface area contributed by atoms with Crippen molar-refractivity contribution in [3.63, 3.8) is 0 Å². The van der Waals surface area contributed by atoms with Crippen molar-refractivity contribution in [3.8, 4) is 12.1 Å². The van der Waals surface area contributed by atoms with Gasteiger partial charge in [0.25, 0.3) is 5.69 Å². The van der Waals surface area contributed by atoms with Crippen molar-refractivity contribution in [2.75, 3.05) is 0 Å². The Bertz CT molecular complexity index is 543. The molecule has 0 amide bonds. The summed E-state index contributed by atoms with van der Waals surface area (Å²) in [5, 5.41) is 34.6. The Morgan fingerprint density at radius 3 is 2.59 bits per heavy atom. The molecule has 0 heterocycles. The third-order valence-corrected chi connectivity index (χ3v) is 1.89. The second-order valence-corrected chi connectivity index (χ2v) is 3.20. The molecule has 0 unspecified atom stereocenters. The maximum Gasteiger partial charge on any atom is 0.298 e. The Morgan fingerprint density at radius 2 is 2.06 bits per heavy atom. The molecule has 0 aliphatic heterocycles. The molecule has 0 aliphatic rings. The smallest absolute Gasteiger partial charge is 0.258 e. The van der Waals surface area contributed by atoms with E-state index in [1.165, 1.54) is 12.1 Å². The van der Waals surface area contributed by atoms with Crippen LogP contribution >= 0.6 is 11.6 Å². The highest BCUT2D eigenvalue weighted by Gasteiger charge is 2.14. The van der Waals surface area contributed by atoms with Crippen LogP contribution in [-0.2, 0) is 0 Å². The topological polar surface area (TPSA) is 115 Å². The summed E-state index contributed by atoms with van der Waals surface area (Å²) >= 11 is 5.60. The molecule has 7 nitrogen and oxygen atoms in total. The molecule has 0 N–H and O–H groups in total. The predicted octanol–water partition coefficient (Wildman–Crippen LogP) is 2.75. The molecule has 0 radical (unpaired) electrons. The summed E-state index contributed by atoms with van der Waals surface area (Å²) in [4.78, 5) is 10.0. The van der Waals surface area contributed by atoms with Gasteiger partial charge in [0, 0.05) is 11.1 Å². The summed E-state index contributed by atoms with van der Waals surface area (Å²) in [5.74, 6) is 0. The Hall–Kier alpha value is -2.51. The Balaban J connectivity index is 3.12. The first-order valence-electron chi connectivity index (χ1n) is 4.22. The molecule has 1 aromatic carbocycles. The number of nitriles is 2. The van der Waals surface area contributed by atoms with Gasteiger partial charge in [-0.1, -0.05) is 11.6 Å². The fourth-order valence-electron chi connectivity index (χ4n) is 0.928. The highest BCUT2D eigenvalue weighted by Crippen LogP contribution is 2.30. The molecule has 8 heteroatoms. The third-order valence-electron chi connectivity index (χ3n) is 1.66. The predicted molar refractivity (Wildman–Crippen MR) is 57.6 cm³/mol. The van der Waals surface area contributed by atoms with Crippen molar-refractivity contribution < 1.29 is 4.92 Å². The maximum absolute atomic E-state index is 10.7. The van der Waals surface area contributed by atoms with E-state index in [1.807, 2.05) is 0 Å². The lowest BCUT2D eigenvalue weighted by Gasteiger charge is -1.96. The third kappa shape index (κ3) is 3.23. The lowest BCUT2D eigenvalue weighted by Crippen LogP contribution is -1.93. The zero-order chi connectivity index (χ0) is 12.8. The van der Waals surface area contributed by atoms with Gasteiger partial charge in [0.05, 0.1) is 4.92 Å². The summed E-state index contributed by atoms with van der Waals surface area (Å²) in [6.45, 7) is 0. The second-order valence-electron chi connectivity index (χ2n) is 2.77. The fourth-order valence-corrected chi connectivity index (χ4v) is 1.09. The van der Waals surface area contributed by atoms with Gasteiger partial charge in [-0.25, -0.2) is 0 Å². The normalized spacial score (nSPS) is 10.1. The van der Waals surface area contributed by atoms with Crippen LogP contribution in [0.5, 0.6) is 0 Å². The quantitative estimate of drug-likeness (QED) is 0.465. The zero-order valence-electron chi connectivity index (χ0n) is 8.24. The average molecular weight is 250 g/mol. The second kappa shape index (κ2) is 5.54. The fraction of sp³-hybridized carbons (Fsp3) is 0.111. The molecule has 0 saturated carbocycles. The van der Waals surface area contributed by atoms with Crippen molar-refractivity contribution >= 4 is 23.0 Å². The standard InChI is InChI=1S/C9H4ClN5O2/c10-6-1-2-8(9(3-6)15(16)17)14-13-7(4-11)5-12/h1-3,7H. The van der Waals surface area contributed by atoms with E-state index in [0.29, 0.717) is 0 Å². The summed E-state index contributed by atoms with van der Waals surface area (Å²) in [7, 11) is 0. The average Bonchev–Trinajstić information content (AvgIpc) is 2.31. The van der Waals surface area contributed by atoms with Crippen LogP contribution in [0.4, 0.5) is 11.4 Å².